The molecule has 3 heteroatoms. The summed E-state index contributed by atoms with van der Waals surface area (Å²) in [6.07, 6.45) is 2.11. The van der Waals surface area contributed by atoms with Crippen LogP contribution in [0.4, 0.5) is 0 Å². The highest BCUT2D eigenvalue weighted by atomic mass is 32.2. The van der Waals surface area contributed by atoms with E-state index in [1.54, 1.807) is 11.8 Å². The van der Waals surface area contributed by atoms with Crippen molar-refractivity contribution in [3.05, 3.63) is 108 Å². The van der Waals surface area contributed by atoms with Gasteiger partial charge in [0.15, 0.2) is 5.17 Å². The molecule has 1 unspecified atom stereocenters. The van der Waals surface area contributed by atoms with E-state index in [1.165, 1.54) is 16.7 Å². The molecule has 0 aromatic heterocycles. The van der Waals surface area contributed by atoms with Crippen LogP contribution in [0, 0.1) is 0 Å². The fourth-order valence-corrected chi connectivity index (χ4v) is 3.68. The molecule has 2 nitrogen and oxygen atoms in total. The maximum absolute atomic E-state index is 5.06. The van der Waals surface area contributed by atoms with Gasteiger partial charge in [0.1, 0.15) is 0 Å². The second-order valence-electron chi connectivity index (χ2n) is 6.53. The van der Waals surface area contributed by atoms with E-state index in [9.17, 15) is 0 Å². The number of amidine groups is 1. The summed E-state index contributed by atoms with van der Waals surface area (Å²) in [5.74, 6) is 0. The molecule has 3 rings (SSSR count). The molecular formula is C24H26N2S. The zero-order valence-corrected chi connectivity index (χ0v) is 16.8. The minimum absolute atomic E-state index is 0.127. The topological polar surface area (TPSA) is 15.6 Å². The molecule has 3 aromatic carbocycles. The third-order valence-corrected chi connectivity index (χ3v) is 5.20. The Morgan fingerprint density at radius 2 is 1.22 bits per heavy atom. The summed E-state index contributed by atoms with van der Waals surface area (Å²) in [5, 5.41) is 1.07. The maximum atomic E-state index is 5.06. The molecule has 0 heterocycles. The van der Waals surface area contributed by atoms with Crippen LogP contribution in [0.5, 0.6) is 0 Å². The van der Waals surface area contributed by atoms with Crippen molar-refractivity contribution in [1.29, 1.82) is 0 Å². The van der Waals surface area contributed by atoms with E-state index in [4.69, 9.17) is 4.99 Å². The first kappa shape index (κ1) is 19.2. The van der Waals surface area contributed by atoms with Crippen LogP contribution in [0.2, 0.25) is 0 Å². The predicted molar refractivity (Wildman–Crippen MR) is 118 cm³/mol. The molecule has 0 radical (unpaired) electrons. The summed E-state index contributed by atoms with van der Waals surface area (Å²) in [6.45, 7) is 3.85. The smallest absolute Gasteiger partial charge is 0.160 e. The van der Waals surface area contributed by atoms with E-state index in [2.05, 4.69) is 103 Å². The van der Waals surface area contributed by atoms with Gasteiger partial charge in [-0.05, 0) is 29.9 Å². The van der Waals surface area contributed by atoms with Gasteiger partial charge < -0.3 is 4.90 Å². The first-order valence-electron chi connectivity index (χ1n) is 9.26. The number of hydrogen-bond acceptors (Lipinski definition) is 2. The van der Waals surface area contributed by atoms with Gasteiger partial charge in [-0.2, -0.15) is 0 Å². The molecule has 0 fully saturated rings. The van der Waals surface area contributed by atoms with E-state index in [-0.39, 0.29) is 6.04 Å². The lowest BCUT2D eigenvalue weighted by molar-refractivity contribution is 0.411. The molecule has 0 aliphatic rings. The van der Waals surface area contributed by atoms with Gasteiger partial charge in [0.2, 0.25) is 0 Å². The molecule has 138 valence electrons. The third-order valence-electron chi connectivity index (χ3n) is 4.47. The van der Waals surface area contributed by atoms with Crippen LogP contribution in [-0.4, -0.2) is 16.3 Å². The van der Waals surface area contributed by atoms with Gasteiger partial charge in [0, 0.05) is 13.1 Å². The number of rotatable bonds is 6. The van der Waals surface area contributed by atoms with Crippen molar-refractivity contribution in [2.45, 2.75) is 26.1 Å². The first-order chi connectivity index (χ1) is 13.3. The average molecular weight is 375 g/mol. The molecule has 0 aliphatic carbocycles. The molecule has 0 spiro atoms. The second-order valence-corrected chi connectivity index (χ2v) is 7.30. The van der Waals surface area contributed by atoms with Crippen LogP contribution in [0.25, 0.3) is 0 Å². The molecule has 1 atom stereocenters. The summed E-state index contributed by atoms with van der Waals surface area (Å²) < 4.78 is 0. The molecule has 0 amide bonds. The van der Waals surface area contributed by atoms with Gasteiger partial charge in [-0.15, -0.1) is 0 Å². The largest absolute Gasteiger partial charge is 0.343 e. The molecule has 0 bridgehead atoms. The summed E-state index contributed by atoms with van der Waals surface area (Å²) in [4.78, 5) is 7.43. The number of benzene rings is 3. The highest BCUT2D eigenvalue weighted by Crippen LogP contribution is 2.22. The van der Waals surface area contributed by atoms with Gasteiger partial charge in [-0.25, -0.2) is 0 Å². The summed E-state index contributed by atoms with van der Waals surface area (Å²) in [7, 11) is 0. The normalized spacial score (nSPS) is 12.6. The number of nitrogens with zero attached hydrogens (tertiary/aromatic N) is 2. The Labute approximate surface area is 167 Å². The van der Waals surface area contributed by atoms with Gasteiger partial charge in [-0.1, -0.05) is 103 Å². The van der Waals surface area contributed by atoms with Crippen LogP contribution >= 0.6 is 11.8 Å². The fourth-order valence-electron chi connectivity index (χ4n) is 3.03. The van der Waals surface area contributed by atoms with Crippen LogP contribution in [0.1, 0.15) is 29.7 Å². The lowest BCUT2D eigenvalue weighted by Crippen LogP contribution is -2.28. The molecular weight excluding hydrogens is 348 g/mol. The average Bonchev–Trinajstić information content (AvgIpc) is 2.73. The van der Waals surface area contributed by atoms with Crippen LogP contribution in [-0.2, 0) is 13.1 Å². The lowest BCUT2D eigenvalue weighted by atomic mass is 10.1. The van der Waals surface area contributed by atoms with Crippen molar-refractivity contribution in [1.82, 2.24) is 4.90 Å². The Morgan fingerprint density at radius 1 is 0.778 bits per heavy atom. The van der Waals surface area contributed by atoms with Crippen LogP contribution in [0.15, 0.2) is 96.0 Å². The molecule has 3 aromatic rings. The molecule has 0 N–H and O–H groups in total. The zero-order valence-electron chi connectivity index (χ0n) is 16.0. The van der Waals surface area contributed by atoms with Crippen molar-refractivity contribution >= 4 is 16.9 Å². The van der Waals surface area contributed by atoms with Gasteiger partial charge in [0.25, 0.3) is 0 Å². The number of aliphatic imine (C=N–C) groups is 1. The summed E-state index contributed by atoms with van der Waals surface area (Å²) >= 11 is 1.72. The fraction of sp³-hybridized carbons (Fsp3) is 0.208. The minimum Gasteiger partial charge on any atom is -0.343 e. The molecule has 0 saturated heterocycles. The molecule has 27 heavy (non-hydrogen) atoms. The highest BCUT2D eigenvalue weighted by Gasteiger charge is 2.14. The van der Waals surface area contributed by atoms with Crippen molar-refractivity contribution < 1.29 is 0 Å². The maximum Gasteiger partial charge on any atom is 0.160 e. The van der Waals surface area contributed by atoms with E-state index in [0.717, 1.165) is 18.3 Å². The number of hydrogen-bond donors (Lipinski definition) is 0. The van der Waals surface area contributed by atoms with Crippen molar-refractivity contribution in [2.24, 2.45) is 4.99 Å². The number of thioether (sulfide) groups is 1. The summed E-state index contributed by atoms with van der Waals surface area (Å²) in [5.41, 5.74) is 3.83. The van der Waals surface area contributed by atoms with Crippen LogP contribution < -0.4 is 0 Å². The predicted octanol–water partition coefficient (Wildman–Crippen LogP) is 6.17. The van der Waals surface area contributed by atoms with Gasteiger partial charge in [-0.3, -0.25) is 4.99 Å². The standard InChI is InChI=1S/C24H26N2S/c1-20(23-16-10-5-11-17-23)25-24(27-2)26(18-21-12-6-3-7-13-21)19-22-14-8-4-9-15-22/h3-17,20H,18-19H2,1-2H3. The Morgan fingerprint density at radius 3 is 1.67 bits per heavy atom. The third kappa shape index (κ3) is 5.73. The Bertz CT molecular complexity index is 791. The van der Waals surface area contributed by atoms with Crippen LogP contribution in [0.3, 0.4) is 0 Å². The first-order valence-corrected chi connectivity index (χ1v) is 10.5. The quantitative estimate of drug-likeness (QED) is 0.379. The van der Waals surface area contributed by atoms with Crippen molar-refractivity contribution in [2.75, 3.05) is 6.26 Å². The zero-order chi connectivity index (χ0) is 18.9. The molecule has 0 saturated carbocycles. The Hall–Kier alpha value is -2.52. The second kappa shape index (κ2) is 9.98. The van der Waals surface area contributed by atoms with E-state index in [0.29, 0.717) is 0 Å². The minimum atomic E-state index is 0.127. The lowest BCUT2D eigenvalue weighted by Gasteiger charge is -2.26. The van der Waals surface area contributed by atoms with E-state index >= 15 is 0 Å². The van der Waals surface area contributed by atoms with Gasteiger partial charge in [0.05, 0.1) is 6.04 Å². The van der Waals surface area contributed by atoms with E-state index < -0.39 is 0 Å². The van der Waals surface area contributed by atoms with Crippen molar-refractivity contribution in [3.8, 4) is 0 Å². The SMILES string of the molecule is CSC(=NC(C)c1ccccc1)N(Cc1ccccc1)Cc1ccccc1. The van der Waals surface area contributed by atoms with Crippen molar-refractivity contribution in [3.63, 3.8) is 0 Å². The Kier molecular flexibility index (Phi) is 7.11. The van der Waals surface area contributed by atoms with E-state index in [1.807, 2.05) is 6.07 Å². The molecule has 0 aliphatic heterocycles. The Balaban J connectivity index is 1.87. The summed E-state index contributed by atoms with van der Waals surface area (Å²) in [6, 6.07) is 31.8. The highest BCUT2D eigenvalue weighted by molar-refractivity contribution is 8.13. The van der Waals surface area contributed by atoms with Gasteiger partial charge >= 0.3 is 0 Å². The monoisotopic (exact) mass is 374 g/mol.